The topological polar surface area (TPSA) is 69.2 Å². The van der Waals surface area contributed by atoms with Gasteiger partial charge in [0.05, 0.1) is 32.1 Å². The lowest BCUT2D eigenvalue weighted by atomic mass is 10.0. The van der Waals surface area contributed by atoms with E-state index in [9.17, 15) is 4.79 Å². The SMILES string of the molecule is COc1ccc(C(=O)NN=Cc2c(OC(C)C)ccc3ccccc23)c(OC)c1. The zero-order valence-corrected chi connectivity index (χ0v) is 16.9. The second kappa shape index (κ2) is 9.10. The minimum Gasteiger partial charge on any atom is -0.497 e. The Morgan fingerprint density at radius 2 is 1.79 bits per heavy atom. The van der Waals surface area contributed by atoms with Gasteiger partial charge in [0.25, 0.3) is 5.91 Å². The van der Waals surface area contributed by atoms with Gasteiger partial charge in [0.1, 0.15) is 17.2 Å². The van der Waals surface area contributed by atoms with E-state index in [1.54, 1.807) is 31.5 Å². The number of rotatable bonds is 7. The number of nitrogens with zero attached hydrogens (tertiary/aromatic N) is 1. The summed E-state index contributed by atoms with van der Waals surface area (Å²) in [5.74, 6) is 1.34. The van der Waals surface area contributed by atoms with Crippen LogP contribution >= 0.6 is 0 Å². The van der Waals surface area contributed by atoms with Gasteiger partial charge < -0.3 is 14.2 Å². The lowest BCUT2D eigenvalue weighted by Crippen LogP contribution is -2.18. The predicted molar refractivity (Wildman–Crippen MR) is 114 cm³/mol. The number of hydrazone groups is 1. The summed E-state index contributed by atoms with van der Waals surface area (Å²) in [7, 11) is 3.06. The van der Waals surface area contributed by atoms with Crippen LogP contribution in [0.2, 0.25) is 0 Å². The molecular weight excluding hydrogens is 368 g/mol. The number of benzene rings is 3. The smallest absolute Gasteiger partial charge is 0.275 e. The fourth-order valence-electron chi connectivity index (χ4n) is 2.97. The average molecular weight is 392 g/mol. The van der Waals surface area contributed by atoms with Crippen molar-refractivity contribution in [3.05, 3.63) is 65.7 Å². The van der Waals surface area contributed by atoms with E-state index < -0.39 is 0 Å². The van der Waals surface area contributed by atoms with Crippen LogP contribution < -0.4 is 19.6 Å². The van der Waals surface area contributed by atoms with Crippen LogP contribution in [0, 0.1) is 0 Å². The zero-order chi connectivity index (χ0) is 20.8. The summed E-state index contributed by atoms with van der Waals surface area (Å²) in [4.78, 5) is 12.6. The third kappa shape index (κ3) is 4.66. The van der Waals surface area contributed by atoms with Gasteiger partial charge in [0.15, 0.2) is 0 Å². The van der Waals surface area contributed by atoms with E-state index in [1.165, 1.54) is 7.11 Å². The van der Waals surface area contributed by atoms with Crippen molar-refractivity contribution in [2.45, 2.75) is 20.0 Å². The number of amides is 1. The minimum atomic E-state index is -0.382. The van der Waals surface area contributed by atoms with Crippen LogP contribution in [0.5, 0.6) is 17.2 Å². The van der Waals surface area contributed by atoms with Crippen LogP contribution in [0.25, 0.3) is 10.8 Å². The van der Waals surface area contributed by atoms with Crippen molar-refractivity contribution in [2.24, 2.45) is 5.10 Å². The van der Waals surface area contributed by atoms with Crippen molar-refractivity contribution in [1.82, 2.24) is 5.43 Å². The molecule has 3 rings (SSSR count). The first-order chi connectivity index (χ1) is 14.0. The molecule has 0 radical (unpaired) electrons. The van der Waals surface area contributed by atoms with Crippen molar-refractivity contribution >= 4 is 22.9 Å². The lowest BCUT2D eigenvalue weighted by Gasteiger charge is -2.14. The molecule has 0 aromatic heterocycles. The average Bonchev–Trinajstić information content (AvgIpc) is 2.74. The summed E-state index contributed by atoms with van der Waals surface area (Å²) in [6.45, 7) is 3.93. The van der Waals surface area contributed by atoms with Crippen molar-refractivity contribution in [3.63, 3.8) is 0 Å². The van der Waals surface area contributed by atoms with Gasteiger partial charge in [-0.3, -0.25) is 4.79 Å². The fraction of sp³-hybridized carbons (Fsp3) is 0.217. The molecule has 1 amide bonds. The minimum absolute atomic E-state index is 0.0152. The van der Waals surface area contributed by atoms with Gasteiger partial charge in [-0.2, -0.15) is 5.10 Å². The zero-order valence-electron chi connectivity index (χ0n) is 16.9. The van der Waals surface area contributed by atoms with E-state index in [0.29, 0.717) is 22.8 Å². The molecule has 150 valence electrons. The molecule has 0 fully saturated rings. The van der Waals surface area contributed by atoms with E-state index in [1.807, 2.05) is 50.2 Å². The van der Waals surface area contributed by atoms with E-state index in [4.69, 9.17) is 14.2 Å². The molecule has 0 saturated heterocycles. The number of carbonyl (C=O) groups is 1. The molecule has 1 N–H and O–H groups in total. The van der Waals surface area contributed by atoms with E-state index >= 15 is 0 Å². The summed E-state index contributed by atoms with van der Waals surface area (Å²) in [5, 5.41) is 6.22. The second-order valence-corrected chi connectivity index (χ2v) is 6.63. The van der Waals surface area contributed by atoms with Crippen molar-refractivity contribution in [1.29, 1.82) is 0 Å². The third-order valence-corrected chi connectivity index (χ3v) is 4.31. The monoisotopic (exact) mass is 392 g/mol. The number of ether oxygens (including phenoxy) is 3. The Morgan fingerprint density at radius 1 is 1.00 bits per heavy atom. The van der Waals surface area contributed by atoms with E-state index in [0.717, 1.165) is 16.3 Å². The molecule has 3 aromatic rings. The Labute approximate surface area is 170 Å². The molecule has 0 aliphatic carbocycles. The van der Waals surface area contributed by atoms with Crippen LogP contribution in [0.4, 0.5) is 0 Å². The summed E-state index contributed by atoms with van der Waals surface area (Å²) in [6.07, 6.45) is 1.62. The van der Waals surface area contributed by atoms with Crippen molar-refractivity contribution in [2.75, 3.05) is 14.2 Å². The number of carbonyl (C=O) groups excluding carboxylic acids is 1. The molecule has 0 spiro atoms. The Kier molecular flexibility index (Phi) is 6.34. The Balaban J connectivity index is 1.88. The lowest BCUT2D eigenvalue weighted by molar-refractivity contribution is 0.0952. The maximum absolute atomic E-state index is 12.6. The molecule has 29 heavy (non-hydrogen) atoms. The van der Waals surface area contributed by atoms with Crippen LogP contribution in [0.3, 0.4) is 0 Å². The van der Waals surface area contributed by atoms with E-state index in [2.05, 4.69) is 10.5 Å². The molecule has 0 atom stereocenters. The molecular formula is C23H24N2O4. The number of hydrogen-bond acceptors (Lipinski definition) is 5. The Bertz CT molecular complexity index is 1040. The Morgan fingerprint density at radius 3 is 2.52 bits per heavy atom. The maximum Gasteiger partial charge on any atom is 0.275 e. The fourth-order valence-corrected chi connectivity index (χ4v) is 2.97. The quantitative estimate of drug-likeness (QED) is 0.478. The highest BCUT2D eigenvalue weighted by atomic mass is 16.5. The molecule has 0 saturated carbocycles. The summed E-state index contributed by atoms with van der Waals surface area (Å²) < 4.78 is 16.4. The first-order valence-corrected chi connectivity index (χ1v) is 9.27. The Hall–Kier alpha value is -3.54. The summed E-state index contributed by atoms with van der Waals surface area (Å²) in [6, 6.07) is 16.9. The molecule has 0 bridgehead atoms. The largest absolute Gasteiger partial charge is 0.497 e. The van der Waals surface area contributed by atoms with Gasteiger partial charge in [-0.1, -0.05) is 30.3 Å². The molecule has 0 aliphatic rings. The molecule has 6 heteroatoms. The normalized spacial score (nSPS) is 11.1. The molecule has 0 heterocycles. The summed E-state index contributed by atoms with van der Waals surface area (Å²) in [5.41, 5.74) is 3.73. The molecule has 0 aliphatic heterocycles. The van der Waals surface area contributed by atoms with Gasteiger partial charge in [-0.25, -0.2) is 5.43 Å². The first-order valence-electron chi connectivity index (χ1n) is 9.27. The molecule has 6 nitrogen and oxygen atoms in total. The van der Waals surface area contributed by atoms with Gasteiger partial charge in [0, 0.05) is 11.6 Å². The van der Waals surface area contributed by atoms with Gasteiger partial charge >= 0.3 is 0 Å². The second-order valence-electron chi connectivity index (χ2n) is 6.63. The van der Waals surface area contributed by atoms with Crippen molar-refractivity contribution < 1.29 is 19.0 Å². The predicted octanol–water partition coefficient (Wildman–Crippen LogP) is 4.41. The van der Waals surface area contributed by atoms with Crippen molar-refractivity contribution in [3.8, 4) is 17.2 Å². The molecule has 3 aromatic carbocycles. The highest BCUT2D eigenvalue weighted by molar-refractivity contribution is 6.03. The molecule has 0 unspecified atom stereocenters. The van der Waals surface area contributed by atoms with E-state index in [-0.39, 0.29) is 12.0 Å². The van der Waals surface area contributed by atoms with Gasteiger partial charge in [0.2, 0.25) is 0 Å². The number of methoxy groups -OCH3 is 2. The summed E-state index contributed by atoms with van der Waals surface area (Å²) >= 11 is 0. The standard InChI is InChI=1S/C23H24N2O4/c1-15(2)29-21-12-9-16-7-5-6-8-18(16)20(21)14-24-25-23(26)19-11-10-17(27-3)13-22(19)28-4/h5-15H,1-4H3,(H,25,26). The van der Waals surface area contributed by atoms with Crippen LogP contribution in [0.15, 0.2) is 59.7 Å². The number of nitrogens with one attached hydrogen (secondary N) is 1. The number of fused-ring (bicyclic) bond motifs is 1. The van der Waals surface area contributed by atoms with Crippen LogP contribution in [-0.2, 0) is 0 Å². The number of hydrogen-bond donors (Lipinski definition) is 1. The van der Waals surface area contributed by atoms with Gasteiger partial charge in [-0.05, 0) is 42.8 Å². The highest BCUT2D eigenvalue weighted by Gasteiger charge is 2.13. The van der Waals surface area contributed by atoms with Gasteiger partial charge in [-0.15, -0.1) is 0 Å². The first kappa shape index (κ1) is 20.2. The van der Waals surface area contributed by atoms with Crippen LogP contribution in [-0.4, -0.2) is 32.4 Å². The third-order valence-electron chi connectivity index (χ3n) is 4.31. The highest BCUT2D eigenvalue weighted by Crippen LogP contribution is 2.28. The maximum atomic E-state index is 12.6. The van der Waals surface area contributed by atoms with Crippen LogP contribution in [0.1, 0.15) is 29.8 Å².